The third-order valence-electron chi connectivity index (χ3n) is 3.36. The van der Waals surface area contributed by atoms with Crippen LogP contribution in [-0.4, -0.2) is 32.1 Å². The number of halogens is 2. The number of carbonyl (C=O) groups is 1. The molecule has 0 aromatic heterocycles. The van der Waals surface area contributed by atoms with E-state index in [0.717, 1.165) is 4.47 Å². The summed E-state index contributed by atoms with van der Waals surface area (Å²) in [4.78, 5) is 14.0. The van der Waals surface area contributed by atoms with Crippen molar-refractivity contribution in [2.45, 2.75) is 6.54 Å². The molecule has 0 fully saturated rings. The van der Waals surface area contributed by atoms with Crippen LogP contribution in [-0.2, 0) is 6.54 Å². The number of methoxy groups -OCH3 is 2. The van der Waals surface area contributed by atoms with Gasteiger partial charge in [-0.2, -0.15) is 0 Å². The Kier molecular flexibility index (Phi) is 5.60. The Labute approximate surface area is 142 Å². The van der Waals surface area contributed by atoms with E-state index in [1.807, 2.05) is 0 Å². The van der Waals surface area contributed by atoms with E-state index in [4.69, 9.17) is 9.47 Å². The maximum absolute atomic E-state index is 13.8. The Morgan fingerprint density at radius 1 is 1.13 bits per heavy atom. The van der Waals surface area contributed by atoms with Crippen LogP contribution >= 0.6 is 15.9 Å². The molecule has 0 aliphatic rings. The summed E-state index contributed by atoms with van der Waals surface area (Å²) in [5.41, 5.74) is 0.851. The SMILES string of the molecule is COc1cc(OC)cc(C(=O)N(C)Cc2cc(Br)ccc2F)c1. The maximum atomic E-state index is 13.8. The highest BCUT2D eigenvalue weighted by Crippen LogP contribution is 2.24. The smallest absolute Gasteiger partial charge is 0.254 e. The number of amides is 1. The number of ether oxygens (including phenoxy) is 2. The lowest BCUT2D eigenvalue weighted by atomic mass is 10.1. The summed E-state index contributed by atoms with van der Waals surface area (Å²) in [5.74, 6) is 0.446. The Hall–Kier alpha value is -2.08. The standard InChI is InChI=1S/C17H17BrFNO3/c1-20(10-12-6-13(18)4-5-16(12)19)17(21)11-7-14(22-2)9-15(8-11)23-3/h4-9H,10H2,1-3H3. The molecule has 0 saturated carbocycles. The van der Waals surface area contributed by atoms with E-state index in [1.54, 1.807) is 37.4 Å². The van der Waals surface area contributed by atoms with Crippen LogP contribution in [0.1, 0.15) is 15.9 Å². The zero-order chi connectivity index (χ0) is 17.0. The van der Waals surface area contributed by atoms with E-state index in [-0.39, 0.29) is 18.3 Å². The van der Waals surface area contributed by atoms with Crippen LogP contribution in [0.15, 0.2) is 40.9 Å². The van der Waals surface area contributed by atoms with Gasteiger partial charge in [0.15, 0.2) is 0 Å². The fourth-order valence-electron chi connectivity index (χ4n) is 2.14. The highest BCUT2D eigenvalue weighted by molar-refractivity contribution is 9.10. The van der Waals surface area contributed by atoms with Crippen molar-refractivity contribution < 1.29 is 18.7 Å². The van der Waals surface area contributed by atoms with Gasteiger partial charge >= 0.3 is 0 Å². The molecule has 122 valence electrons. The number of rotatable bonds is 5. The minimum Gasteiger partial charge on any atom is -0.497 e. The second-order valence-electron chi connectivity index (χ2n) is 5.00. The van der Waals surface area contributed by atoms with Gasteiger partial charge in [0.25, 0.3) is 5.91 Å². The van der Waals surface area contributed by atoms with Gasteiger partial charge < -0.3 is 14.4 Å². The highest BCUT2D eigenvalue weighted by Gasteiger charge is 2.16. The monoisotopic (exact) mass is 381 g/mol. The summed E-state index contributed by atoms with van der Waals surface area (Å²) >= 11 is 3.30. The first-order valence-corrected chi connectivity index (χ1v) is 7.66. The summed E-state index contributed by atoms with van der Waals surface area (Å²) < 4.78 is 24.9. The van der Waals surface area contributed by atoms with Gasteiger partial charge in [-0.15, -0.1) is 0 Å². The molecule has 0 unspecified atom stereocenters. The Morgan fingerprint density at radius 3 is 2.30 bits per heavy atom. The zero-order valence-electron chi connectivity index (χ0n) is 13.1. The molecule has 2 aromatic carbocycles. The average molecular weight is 382 g/mol. The van der Waals surface area contributed by atoms with Gasteiger partial charge in [-0.25, -0.2) is 4.39 Å². The summed E-state index contributed by atoms with van der Waals surface area (Å²) in [6.45, 7) is 0.156. The molecule has 2 rings (SSSR count). The Balaban J connectivity index is 2.24. The summed E-state index contributed by atoms with van der Waals surface area (Å²) in [6, 6.07) is 9.58. The topological polar surface area (TPSA) is 38.8 Å². The van der Waals surface area contributed by atoms with E-state index in [9.17, 15) is 9.18 Å². The van der Waals surface area contributed by atoms with Crippen LogP contribution in [0.3, 0.4) is 0 Å². The lowest BCUT2D eigenvalue weighted by molar-refractivity contribution is 0.0783. The molecule has 2 aromatic rings. The minimum atomic E-state index is -0.351. The maximum Gasteiger partial charge on any atom is 0.254 e. The van der Waals surface area contributed by atoms with Crippen LogP contribution in [0.5, 0.6) is 11.5 Å². The molecule has 0 aliphatic carbocycles. The van der Waals surface area contributed by atoms with Crippen molar-refractivity contribution in [3.05, 3.63) is 57.8 Å². The van der Waals surface area contributed by atoms with Gasteiger partial charge in [-0.1, -0.05) is 15.9 Å². The summed E-state index contributed by atoms with van der Waals surface area (Å²) in [7, 11) is 4.65. The summed E-state index contributed by atoms with van der Waals surface area (Å²) in [6.07, 6.45) is 0. The number of carbonyl (C=O) groups excluding carboxylic acids is 1. The molecule has 0 spiro atoms. The van der Waals surface area contributed by atoms with Crippen LogP contribution in [0, 0.1) is 5.82 Å². The fourth-order valence-corrected chi connectivity index (χ4v) is 2.55. The molecule has 0 heterocycles. The lowest BCUT2D eigenvalue weighted by Gasteiger charge is -2.19. The van der Waals surface area contributed by atoms with Crippen LogP contribution in [0.4, 0.5) is 4.39 Å². The highest BCUT2D eigenvalue weighted by atomic mass is 79.9. The summed E-state index contributed by atoms with van der Waals surface area (Å²) in [5, 5.41) is 0. The molecule has 0 bridgehead atoms. The van der Waals surface area contributed by atoms with E-state index in [0.29, 0.717) is 22.6 Å². The second-order valence-corrected chi connectivity index (χ2v) is 5.91. The predicted molar refractivity (Wildman–Crippen MR) is 89.4 cm³/mol. The second kappa shape index (κ2) is 7.46. The molecular weight excluding hydrogens is 365 g/mol. The third-order valence-corrected chi connectivity index (χ3v) is 3.85. The predicted octanol–water partition coefficient (Wildman–Crippen LogP) is 3.88. The number of hydrogen-bond acceptors (Lipinski definition) is 3. The van der Waals surface area contributed by atoms with E-state index in [1.165, 1.54) is 25.2 Å². The molecular formula is C17H17BrFNO3. The number of hydrogen-bond donors (Lipinski definition) is 0. The first-order valence-electron chi connectivity index (χ1n) is 6.87. The molecule has 6 heteroatoms. The van der Waals surface area contributed by atoms with Gasteiger partial charge in [0, 0.05) is 35.3 Å². The molecule has 23 heavy (non-hydrogen) atoms. The number of benzene rings is 2. The average Bonchev–Trinajstić information content (AvgIpc) is 2.56. The Morgan fingerprint density at radius 2 is 1.74 bits per heavy atom. The quantitative estimate of drug-likeness (QED) is 0.788. The van der Waals surface area contributed by atoms with E-state index < -0.39 is 0 Å². The molecule has 0 saturated heterocycles. The van der Waals surface area contributed by atoms with Crippen molar-refractivity contribution in [3.63, 3.8) is 0 Å². The minimum absolute atomic E-state index is 0.156. The molecule has 1 amide bonds. The number of nitrogens with zero attached hydrogens (tertiary/aromatic N) is 1. The zero-order valence-corrected chi connectivity index (χ0v) is 14.7. The van der Waals surface area contributed by atoms with Crippen molar-refractivity contribution in [1.82, 2.24) is 4.90 Å². The van der Waals surface area contributed by atoms with Crippen LogP contribution in [0.25, 0.3) is 0 Å². The molecule has 0 atom stereocenters. The van der Waals surface area contributed by atoms with E-state index in [2.05, 4.69) is 15.9 Å². The van der Waals surface area contributed by atoms with Gasteiger partial charge in [-0.05, 0) is 30.3 Å². The van der Waals surface area contributed by atoms with Crippen molar-refractivity contribution in [2.24, 2.45) is 0 Å². The van der Waals surface area contributed by atoms with Crippen molar-refractivity contribution >= 4 is 21.8 Å². The van der Waals surface area contributed by atoms with Crippen molar-refractivity contribution in [2.75, 3.05) is 21.3 Å². The molecule has 0 aliphatic heterocycles. The van der Waals surface area contributed by atoms with Gasteiger partial charge in [-0.3, -0.25) is 4.79 Å². The van der Waals surface area contributed by atoms with Crippen molar-refractivity contribution in [3.8, 4) is 11.5 Å². The first kappa shape index (κ1) is 17.3. The van der Waals surface area contributed by atoms with E-state index >= 15 is 0 Å². The third kappa shape index (κ3) is 4.22. The first-order chi connectivity index (χ1) is 10.9. The molecule has 0 N–H and O–H groups in total. The normalized spacial score (nSPS) is 10.3. The van der Waals surface area contributed by atoms with Crippen LogP contribution in [0.2, 0.25) is 0 Å². The fraction of sp³-hybridized carbons (Fsp3) is 0.235. The molecule has 4 nitrogen and oxygen atoms in total. The van der Waals surface area contributed by atoms with Crippen LogP contribution < -0.4 is 9.47 Å². The van der Waals surface area contributed by atoms with Crippen molar-refractivity contribution in [1.29, 1.82) is 0 Å². The van der Waals surface area contributed by atoms with Gasteiger partial charge in [0.05, 0.1) is 14.2 Å². The lowest BCUT2D eigenvalue weighted by Crippen LogP contribution is -2.26. The Bertz CT molecular complexity index is 699. The molecule has 0 radical (unpaired) electrons. The largest absolute Gasteiger partial charge is 0.497 e. The van der Waals surface area contributed by atoms with Gasteiger partial charge in [0.1, 0.15) is 17.3 Å². The van der Waals surface area contributed by atoms with Gasteiger partial charge in [0.2, 0.25) is 0 Å².